The molecule has 0 aliphatic heterocycles. The molecular weight excluding hydrogens is 372 g/mol. The van der Waals surface area contributed by atoms with E-state index in [1.54, 1.807) is 22.7 Å². The minimum absolute atomic E-state index is 0.526. The second-order valence-corrected chi connectivity index (χ2v) is 8.29. The highest BCUT2D eigenvalue weighted by atomic mass is 79.9. The van der Waals surface area contributed by atoms with Crippen LogP contribution in [0.5, 0.6) is 0 Å². The molecular formula is C11H10Br2OS2. The fourth-order valence-corrected chi connectivity index (χ4v) is 5.27. The van der Waals surface area contributed by atoms with E-state index < -0.39 is 6.10 Å². The summed E-state index contributed by atoms with van der Waals surface area (Å²) in [6.07, 6.45) is 0.494. The zero-order chi connectivity index (χ0) is 11.7. The summed E-state index contributed by atoms with van der Waals surface area (Å²) >= 11 is 10.2. The Morgan fingerprint density at radius 1 is 1.31 bits per heavy atom. The molecule has 0 aromatic carbocycles. The van der Waals surface area contributed by atoms with E-state index in [1.807, 2.05) is 12.1 Å². The Morgan fingerprint density at radius 2 is 2.06 bits per heavy atom. The maximum Gasteiger partial charge on any atom is 0.115 e. The van der Waals surface area contributed by atoms with E-state index in [0.717, 1.165) is 24.4 Å². The van der Waals surface area contributed by atoms with Crippen molar-refractivity contribution in [3.63, 3.8) is 0 Å². The van der Waals surface area contributed by atoms with Crippen molar-refractivity contribution in [2.75, 3.05) is 0 Å². The highest BCUT2D eigenvalue weighted by Crippen LogP contribution is 2.39. The van der Waals surface area contributed by atoms with E-state index in [1.165, 1.54) is 4.88 Å². The molecule has 1 atom stereocenters. The molecule has 2 aromatic rings. The molecule has 0 saturated heterocycles. The fourth-order valence-electron chi connectivity index (χ4n) is 1.42. The number of hydrogen-bond acceptors (Lipinski definition) is 3. The van der Waals surface area contributed by atoms with Crippen molar-refractivity contribution in [2.24, 2.45) is 0 Å². The lowest BCUT2D eigenvalue weighted by Gasteiger charge is -2.06. The summed E-state index contributed by atoms with van der Waals surface area (Å²) in [5.41, 5.74) is 0.932. The summed E-state index contributed by atoms with van der Waals surface area (Å²) in [6, 6.07) is 6.05. The van der Waals surface area contributed by atoms with Gasteiger partial charge in [-0.05, 0) is 56.5 Å². The SMILES string of the molecule is CCc1ccc(C(O)c2cc(Br)sc2Br)s1. The van der Waals surface area contributed by atoms with E-state index >= 15 is 0 Å². The Labute approximate surface area is 119 Å². The van der Waals surface area contributed by atoms with Crippen molar-refractivity contribution >= 4 is 54.5 Å². The van der Waals surface area contributed by atoms with Gasteiger partial charge in [-0.3, -0.25) is 0 Å². The van der Waals surface area contributed by atoms with Crippen molar-refractivity contribution in [3.05, 3.63) is 41.1 Å². The van der Waals surface area contributed by atoms with Gasteiger partial charge < -0.3 is 5.11 Å². The number of rotatable bonds is 3. The second kappa shape index (κ2) is 5.31. The molecule has 2 aromatic heterocycles. The predicted molar refractivity (Wildman–Crippen MR) is 77.5 cm³/mol. The predicted octanol–water partition coefficient (Wildman–Crippen LogP) is 4.98. The normalized spacial score (nSPS) is 13.0. The van der Waals surface area contributed by atoms with Crippen LogP contribution >= 0.6 is 54.5 Å². The molecule has 0 saturated carbocycles. The smallest absolute Gasteiger partial charge is 0.115 e. The molecule has 2 heterocycles. The highest BCUT2D eigenvalue weighted by molar-refractivity contribution is 9.12. The Kier molecular flexibility index (Phi) is 4.24. The zero-order valence-electron chi connectivity index (χ0n) is 8.54. The Balaban J connectivity index is 2.31. The van der Waals surface area contributed by atoms with Crippen LogP contribution in [-0.4, -0.2) is 5.11 Å². The van der Waals surface area contributed by atoms with Crippen LogP contribution in [0.4, 0.5) is 0 Å². The molecule has 0 amide bonds. The van der Waals surface area contributed by atoms with Gasteiger partial charge in [0.15, 0.2) is 0 Å². The van der Waals surface area contributed by atoms with Gasteiger partial charge in [0.1, 0.15) is 6.10 Å². The maximum atomic E-state index is 10.3. The zero-order valence-corrected chi connectivity index (χ0v) is 13.3. The van der Waals surface area contributed by atoms with Crippen molar-refractivity contribution < 1.29 is 5.11 Å². The molecule has 2 rings (SSSR count). The van der Waals surface area contributed by atoms with Gasteiger partial charge in [-0.25, -0.2) is 0 Å². The van der Waals surface area contributed by atoms with Crippen LogP contribution in [0.1, 0.15) is 28.3 Å². The van der Waals surface area contributed by atoms with E-state index in [0.29, 0.717) is 0 Å². The number of aryl methyl sites for hydroxylation is 1. The average molecular weight is 382 g/mol. The first-order valence-corrected chi connectivity index (χ1v) is 8.05. The molecule has 86 valence electrons. The maximum absolute atomic E-state index is 10.3. The van der Waals surface area contributed by atoms with Gasteiger partial charge in [-0.2, -0.15) is 0 Å². The van der Waals surface area contributed by atoms with Crippen molar-refractivity contribution in [3.8, 4) is 0 Å². The molecule has 0 fully saturated rings. The standard InChI is InChI=1S/C11H10Br2OS2/c1-2-6-3-4-8(15-6)10(14)7-5-9(12)16-11(7)13/h3-5,10,14H,2H2,1H3. The van der Waals surface area contributed by atoms with Crippen LogP contribution in [-0.2, 0) is 6.42 Å². The first-order valence-electron chi connectivity index (χ1n) is 4.83. The Hall–Kier alpha value is 0.320. The fraction of sp³-hybridized carbons (Fsp3) is 0.273. The van der Waals surface area contributed by atoms with E-state index in [4.69, 9.17) is 0 Å². The van der Waals surface area contributed by atoms with Gasteiger partial charge in [0.25, 0.3) is 0 Å². The van der Waals surface area contributed by atoms with Crippen LogP contribution in [0.25, 0.3) is 0 Å². The van der Waals surface area contributed by atoms with Crippen LogP contribution in [0, 0.1) is 0 Å². The lowest BCUT2D eigenvalue weighted by Crippen LogP contribution is -1.95. The summed E-state index contributed by atoms with van der Waals surface area (Å²) in [6.45, 7) is 2.12. The Morgan fingerprint density at radius 3 is 2.56 bits per heavy atom. The highest BCUT2D eigenvalue weighted by Gasteiger charge is 2.18. The molecule has 1 N–H and O–H groups in total. The van der Waals surface area contributed by atoms with Gasteiger partial charge in [-0.1, -0.05) is 6.92 Å². The lowest BCUT2D eigenvalue weighted by atomic mass is 10.2. The van der Waals surface area contributed by atoms with Crippen LogP contribution in [0.2, 0.25) is 0 Å². The average Bonchev–Trinajstić information content (AvgIpc) is 2.84. The number of aliphatic hydroxyl groups excluding tert-OH is 1. The molecule has 16 heavy (non-hydrogen) atoms. The Bertz CT molecular complexity index is 490. The molecule has 0 aliphatic carbocycles. The lowest BCUT2D eigenvalue weighted by molar-refractivity contribution is 0.224. The van der Waals surface area contributed by atoms with Crippen molar-refractivity contribution in [1.29, 1.82) is 0 Å². The van der Waals surface area contributed by atoms with Crippen LogP contribution in [0.3, 0.4) is 0 Å². The molecule has 0 aliphatic rings. The number of aliphatic hydroxyl groups is 1. The van der Waals surface area contributed by atoms with E-state index in [9.17, 15) is 5.11 Å². The third-order valence-electron chi connectivity index (χ3n) is 2.28. The molecule has 0 bridgehead atoms. The molecule has 0 radical (unpaired) electrons. The van der Waals surface area contributed by atoms with Gasteiger partial charge in [0.05, 0.1) is 7.57 Å². The summed E-state index contributed by atoms with van der Waals surface area (Å²) < 4.78 is 2.01. The van der Waals surface area contributed by atoms with Crippen LogP contribution in [0.15, 0.2) is 25.8 Å². The van der Waals surface area contributed by atoms with Gasteiger partial charge in [0.2, 0.25) is 0 Å². The quantitative estimate of drug-likeness (QED) is 0.794. The number of hydrogen-bond donors (Lipinski definition) is 1. The number of halogens is 2. The minimum atomic E-state index is -0.526. The first kappa shape index (κ1) is 12.8. The van der Waals surface area contributed by atoms with Crippen LogP contribution < -0.4 is 0 Å². The summed E-state index contributed by atoms with van der Waals surface area (Å²) in [5.74, 6) is 0. The van der Waals surface area contributed by atoms with Gasteiger partial charge >= 0.3 is 0 Å². The molecule has 5 heteroatoms. The third-order valence-corrected chi connectivity index (χ3v) is 5.95. The first-order chi connectivity index (χ1) is 7.61. The van der Waals surface area contributed by atoms with Crippen molar-refractivity contribution in [1.82, 2.24) is 0 Å². The summed E-state index contributed by atoms with van der Waals surface area (Å²) in [5, 5.41) is 10.3. The van der Waals surface area contributed by atoms with Crippen molar-refractivity contribution in [2.45, 2.75) is 19.4 Å². The van der Waals surface area contributed by atoms with Gasteiger partial charge in [-0.15, -0.1) is 22.7 Å². The molecule has 0 spiro atoms. The monoisotopic (exact) mass is 380 g/mol. The molecule has 1 nitrogen and oxygen atoms in total. The topological polar surface area (TPSA) is 20.2 Å². The largest absolute Gasteiger partial charge is 0.383 e. The summed E-state index contributed by atoms with van der Waals surface area (Å²) in [4.78, 5) is 2.31. The van der Waals surface area contributed by atoms with E-state index in [2.05, 4.69) is 44.8 Å². The third kappa shape index (κ3) is 2.59. The number of thiophene rings is 2. The minimum Gasteiger partial charge on any atom is -0.383 e. The molecule has 1 unspecified atom stereocenters. The van der Waals surface area contributed by atoms with E-state index in [-0.39, 0.29) is 0 Å². The van der Waals surface area contributed by atoms with Gasteiger partial charge in [0, 0.05) is 15.3 Å². The second-order valence-electron chi connectivity index (χ2n) is 3.34. The summed E-state index contributed by atoms with van der Waals surface area (Å²) in [7, 11) is 0.